The molecule has 1 aliphatic rings. The summed E-state index contributed by atoms with van der Waals surface area (Å²) >= 11 is 0. The van der Waals surface area contributed by atoms with E-state index in [1.807, 2.05) is 6.07 Å². The molecule has 1 aromatic rings. The first-order chi connectivity index (χ1) is 7.20. The number of halogens is 1. The molecule has 1 heterocycles. The number of rotatable bonds is 2. The van der Waals surface area contributed by atoms with Crippen molar-refractivity contribution in [1.29, 1.82) is 0 Å². The van der Waals surface area contributed by atoms with Crippen molar-refractivity contribution in [3.8, 4) is 0 Å². The molecule has 15 heavy (non-hydrogen) atoms. The second kappa shape index (κ2) is 4.19. The van der Waals surface area contributed by atoms with E-state index in [0.717, 1.165) is 30.3 Å². The lowest BCUT2D eigenvalue weighted by Gasteiger charge is -2.21. The highest BCUT2D eigenvalue weighted by Gasteiger charge is 2.20. The summed E-state index contributed by atoms with van der Waals surface area (Å²) in [5.74, 6) is 0.520. The van der Waals surface area contributed by atoms with E-state index in [9.17, 15) is 4.39 Å². The van der Waals surface area contributed by atoms with Gasteiger partial charge >= 0.3 is 0 Å². The molecule has 2 N–H and O–H groups in total. The average Bonchev–Trinajstić information content (AvgIpc) is 2.64. The Morgan fingerprint density at radius 1 is 1.53 bits per heavy atom. The molecule has 3 heteroatoms. The van der Waals surface area contributed by atoms with Gasteiger partial charge in [-0.2, -0.15) is 0 Å². The van der Waals surface area contributed by atoms with Crippen molar-refractivity contribution in [3.63, 3.8) is 0 Å². The van der Waals surface area contributed by atoms with Crippen LogP contribution in [-0.2, 0) is 6.54 Å². The second-order valence-electron chi connectivity index (χ2n) is 4.32. The standard InChI is InChI=1S/C12H17FN2/c1-9-4-5-15(8-9)12-3-2-11(13)6-10(12)7-14/h2-3,6,9H,4-5,7-8,14H2,1H3. The van der Waals surface area contributed by atoms with E-state index in [1.54, 1.807) is 6.07 Å². The maximum atomic E-state index is 13.0. The molecule has 0 saturated carbocycles. The number of hydrogen-bond donors (Lipinski definition) is 1. The topological polar surface area (TPSA) is 29.3 Å². The van der Waals surface area contributed by atoms with Gasteiger partial charge in [-0.25, -0.2) is 4.39 Å². The van der Waals surface area contributed by atoms with E-state index in [4.69, 9.17) is 5.73 Å². The molecule has 82 valence electrons. The highest BCUT2D eigenvalue weighted by molar-refractivity contribution is 5.54. The molecule has 1 atom stereocenters. The summed E-state index contributed by atoms with van der Waals surface area (Å²) in [6, 6.07) is 4.89. The number of benzene rings is 1. The van der Waals surface area contributed by atoms with Gasteiger partial charge in [-0.1, -0.05) is 6.92 Å². The molecular formula is C12H17FN2. The van der Waals surface area contributed by atoms with Gasteiger partial charge in [0.15, 0.2) is 0 Å². The van der Waals surface area contributed by atoms with Crippen molar-refractivity contribution in [2.45, 2.75) is 19.9 Å². The normalized spacial score (nSPS) is 21.0. The number of anilines is 1. The lowest BCUT2D eigenvalue weighted by Crippen LogP contribution is -2.21. The average molecular weight is 208 g/mol. The molecule has 1 aromatic carbocycles. The Morgan fingerprint density at radius 2 is 2.33 bits per heavy atom. The molecular weight excluding hydrogens is 191 g/mol. The van der Waals surface area contributed by atoms with Gasteiger partial charge in [0, 0.05) is 25.3 Å². The zero-order valence-electron chi connectivity index (χ0n) is 9.04. The third-order valence-corrected chi connectivity index (χ3v) is 3.03. The zero-order chi connectivity index (χ0) is 10.8. The van der Waals surface area contributed by atoms with Gasteiger partial charge in [0.05, 0.1) is 0 Å². The Bertz CT molecular complexity index is 351. The summed E-state index contributed by atoms with van der Waals surface area (Å²) in [4.78, 5) is 2.30. The van der Waals surface area contributed by atoms with Crippen LogP contribution in [-0.4, -0.2) is 13.1 Å². The van der Waals surface area contributed by atoms with Crippen LogP contribution in [0.5, 0.6) is 0 Å². The molecule has 0 spiro atoms. The van der Waals surface area contributed by atoms with Crippen molar-refractivity contribution < 1.29 is 4.39 Å². The van der Waals surface area contributed by atoms with Crippen LogP contribution in [0.15, 0.2) is 18.2 Å². The number of hydrogen-bond acceptors (Lipinski definition) is 2. The summed E-state index contributed by atoms with van der Waals surface area (Å²) in [7, 11) is 0. The molecule has 1 unspecified atom stereocenters. The maximum Gasteiger partial charge on any atom is 0.123 e. The zero-order valence-corrected chi connectivity index (χ0v) is 9.04. The fourth-order valence-electron chi connectivity index (χ4n) is 2.18. The Balaban J connectivity index is 2.27. The molecule has 1 aliphatic heterocycles. The highest BCUT2D eigenvalue weighted by Crippen LogP contribution is 2.27. The monoisotopic (exact) mass is 208 g/mol. The molecule has 1 fully saturated rings. The van der Waals surface area contributed by atoms with Crippen LogP contribution in [0, 0.1) is 11.7 Å². The summed E-state index contributed by atoms with van der Waals surface area (Å²) in [6.07, 6.45) is 1.21. The lowest BCUT2D eigenvalue weighted by atomic mass is 10.1. The van der Waals surface area contributed by atoms with E-state index in [1.165, 1.54) is 12.5 Å². The molecule has 2 rings (SSSR count). The number of nitrogens with zero attached hydrogens (tertiary/aromatic N) is 1. The van der Waals surface area contributed by atoms with Gasteiger partial charge in [-0.3, -0.25) is 0 Å². The van der Waals surface area contributed by atoms with Gasteiger partial charge in [0.2, 0.25) is 0 Å². The minimum absolute atomic E-state index is 0.202. The van der Waals surface area contributed by atoms with E-state index in [-0.39, 0.29) is 5.82 Å². The third-order valence-electron chi connectivity index (χ3n) is 3.03. The Labute approximate surface area is 89.9 Å². The van der Waals surface area contributed by atoms with Crippen LogP contribution >= 0.6 is 0 Å². The minimum atomic E-state index is -0.202. The fraction of sp³-hybridized carbons (Fsp3) is 0.500. The summed E-state index contributed by atoms with van der Waals surface area (Å²) in [5, 5.41) is 0. The molecule has 0 aliphatic carbocycles. The largest absolute Gasteiger partial charge is 0.371 e. The van der Waals surface area contributed by atoms with E-state index < -0.39 is 0 Å². The first-order valence-corrected chi connectivity index (χ1v) is 5.44. The van der Waals surface area contributed by atoms with Crippen LogP contribution in [0.3, 0.4) is 0 Å². The molecule has 0 radical (unpaired) electrons. The first kappa shape index (κ1) is 10.4. The fourth-order valence-corrected chi connectivity index (χ4v) is 2.18. The Hall–Kier alpha value is -1.09. The van der Waals surface area contributed by atoms with Gasteiger partial charge in [-0.05, 0) is 36.1 Å². The minimum Gasteiger partial charge on any atom is -0.371 e. The van der Waals surface area contributed by atoms with Crippen LogP contribution in [0.25, 0.3) is 0 Å². The number of nitrogens with two attached hydrogens (primary N) is 1. The highest BCUT2D eigenvalue weighted by atomic mass is 19.1. The Morgan fingerprint density at radius 3 is 2.93 bits per heavy atom. The van der Waals surface area contributed by atoms with Crippen molar-refractivity contribution in [2.24, 2.45) is 11.7 Å². The van der Waals surface area contributed by atoms with Gasteiger partial charge < -0.3 is 10.6 Å². The molecule has 0 bridgehead atoms. The van der Waals surface area contributed by atoms with Crippen LogP contribution < -0.4 is 10.6 Å². The Kier molecular flexibility index (Phi) is 2.91. The summed E-state index contributed by atoms with van der Waals surface area (Å²) < 4.78 is 13.0. The summed E-state index contributed by atoms with van der Waals surface area (Å²) in [6.45, 7) is 4.75. The van der Waals surface area contributed by atoms with E-state index in [0.29, 0.717) is 6.54 Å². The quantitative estimate of drug-likeness (QED) is 0.806. The first-order valence-electron chi connectivity index (χ1n) is 5.44. The lowest BCUT2D eigenvalue weighted by molar-refractivity contribution is 0.625. The molecule has 2 nitrogen and oxygen atoms in total. The predicted octanol–water partition coefficient (Wildman–Crippen LogP) is 2.13. The molecule has 0 amide bonds. The summed E-state index contributed by atoms with van der Waals surface area (Å²) in [5.41, 5.74) is 7.64. The van der Waals surface area contributed by atoms with E-state index in [2.05, 4.69) is 11.8 Å². The molecule has 1 saturated heterocycles. The maximum absolute atomic E-state index is 13.0. The van der Waals surface area contributed by atoms with Crippen LogP contribution in [0.2, 0.25) is 0 Å². The second-order valence-corrected chi connectivity index (χ2v) is 4.32. The predicted molar refractivity (Wildman–Crippen MR) is 60.3 cm³/mol. The van der Waals surface area contributed by atoms with Crippen molar-refractivity contribution >= 4 is 5.69 Å². The van der Waals surface area contributed by atoms with Gasteiger partial charge in [-0.15, -0.1) is 0 Å². The SMILES string of the molecule is CC1CCN(c2ccc(F)cc2CN)C1. The van der Waals surface area contributed by atoms with Crippen LogP contribution in [0.4, 0.5) is 10.1 Å². The molecule has 0 aromatic heterocycles. The van der Waals surface area contributed by atoms with Crippen molar-refractivity contribution in [1.82, 2.24) is 0 Å². The smallest absolute Gasteiger partial charge is 0.123 e. The van der Waals surface area contributed by atoms with Crippen LogP contribution in [0.1, 0.15) is 18.9 Å². The van der Waals surface area contributed by atoms with Gasteiger partial charge in [0.25, 0.3) is 0 Å². The third kappa shape index (κ3) is 2.12. The van der Waals surface area contributed by atoms with E-state index >= 15 is 0 Å². The van der Waals surface area contributed by atoms with Crippen molar-refractivity contribution in [2.75, 3.05) is 18.0 Å². The van der Waals surface area contributed by atoms with Gasteiger partial charge in [0.1, 0.15) is 5.82 Å². The van der Waals surface area contributed by atoms with Crippen molar-refractivity contribution in [3.05, 3.63) is 29.6 Å².